The van der Waals surface area contributed by atoms with Crippen molar-refractivity contribution in [2.75, 3.05) is 0 Å². The molecular weight excluding hydrogens is 348 g/mol. The van der Waals surface area contributed by atoms with Crippen LogP contribution >= 0.6 is 0 Å². The second kappa shape index (κ2) is 9.08. The number of nitrogens with two attached hydrogens (primary N) is 4. The molecule has 1 aliphatic carbocycles. The number of Topliss-reactive ketones (excluding diaryl/α,β-unsaturated/α-hetero) is 1. The van der Waals surface area contributed by atoms with Crippen LogP contribution in [0.3, 0.4) is 0 Å². The Labute approximate surface area is 166 Å². The molecule has 0 saturated heterocycles. The van der Waals surface area contributed by atoms with Crippen LogP contribution in [-0.4, -0.2) is 5.78 Å². The zero-order chi connectivity index (χ0) is 20.1. The zero-order valence-electron chi connectivity index (χ0n) is 16.0. The maximum atomic E-state index is 13.1. The van der Waals surface area contributed by atoms with Crippen LogP contribution < -0.4 is 22.9 Å². The maximum absolute atomic E-state index is 13.1. The summed E-state index contributed by atoms with van der Waals surface area (Å²) in [4.78, 5) is 13.1. The molecule has 0 unspecified atom stereocenters. The predicted octanol–water partition coefficient (Wildman–Crippen LogP) is 3.13. The first kappa shape index (κ1) is 20.2. The summed E-state index contributed by atoms with van der Waals surface area (Å²) in [6, 6.07) is 15.4. The van der Waals surface area contributed by atoms with Crippen LogP contribution in [0, 0.1) is 0 Å². The first-order chi connectivity index (χ1) is 13.4. The van der Waals surface area contributed by atoms with Crippen LogP contribution in [0.15, 0.2) is 59.7 Å². The lowest BCUT2D eigenvalue weighted by molar-refractivity contribution is -0.112. The number of benzene rings is 2. The summed E-state index contributed by atoms with van der Waals surface area (Å²) in [5, 5.41) is 0. The normalized spacial score (nSPS) is 18.3. The second-order valence-corrected chi connectivity index (χ2v) is 7.26. The molecular formula is C23H28N4O. The number of carbonyl (C=O) groups is 1. The molecule has 8 N–H and O–H groups in total. The van der Waals surface area contributed by atoms with E-state index in [2.05, 4.69) is 0 Å². The quantitative estimate of drug-likeness (QED) is 0.371. The van der Waals surface area contributed by atoms with Crippen molar-refractivity contribution >= 4 is 17.9 Å². The summed E-state index contributed by atoms with van der Waals surface area (Å²) >= 11 is 0. The van der Waals surface area contributed by atoms with Gasteiger partial charge in [0.1, 0.15) is 0 Å². The van der Waals surface area contributed by atoms with Gasteiger partial charge in [0.25, 0.3) is 0 Å². The average molecular weight is 377 g/mol. The molecule has 3 rings (SSSR count). The van der Waals surface area contributed by atoms with Crippen molar-refractivity contribution in [2.45, 2.75) is 38.0 Å². The molecule has 2 aromatic carbocycles. The number of hydrogen-bond donors (Lipinski definition) is 4. The third kappa shape index (κ3) is 5.03. The zero-order valence-corrected chi connectivity index (χ0v) is 16.0. The lowest BCUT2D eigenvalue weighted by Crippen LogP contribution is -2.19. The largest absolute Gasteiger partial charge is 0.312 e. The van der Waals surface area contributed by atoms with E-state index in [1.54, 1.807) is 0 Å². The van der Waals surface area contributed by atoms with Gasteiger partial charge in [-0.15, -0.1) is 0 Å². The van der Waals surface area contributed by atoms with Gasteiger partial charge >= 0.3 is 0 Å². The first-order valence-corrected chi connectivity index (χ1v) is 9.62. The SMILES string of the molecule is NC(N)c1ccc(/C=C2/CCCC/C(=C\c3ccc(C(N)N)cc3)C2=O)cc1. The van der Waals surface area contributed by atoms with Gasteiger partial charge in [0.05, 0.1) is 12.3 Å². The Bertz CT molecular complexity index is 804. The summed E-state index contributed by atoms with van der Waals surface area (Å²) in [7, 11) is 0. The number of rotatable bonds is 4. The predicted molar refractivity (Wildman–Crippen MR) is 115 cm³/mol. The third-order valence-electron chi connectivity index (χ3n) is 5.05. The summed E-state index contributed by atoms with van der Waals surface area (Å²) in [5.74, 6) is 0.122. The highest BCUT2D eigenvalue weighted by Crippen LogP contribution is 2.27. The van der Waals surface area contributed by atoms with Gasteiger partial charge in [-0.3, -0.25) is 4.79 Å². The minimum absolute atomic E-state index is 0.122. The summed E-state index contributed by atoms with van der Waals surface area (Å²) in [5.41, 5.74) is 28.2. The third-order valence-corrected chi connectivity index (χ3v) is 5.05. The summed E-state index contributed by atoms with van der Waals surface area (Å²) in [6.07, 6.45) is 6.55. The van der Waals surface area contributed by atoms with Crippen molar-refractivity contribution in [2.24, 2.45) is 22.9 Å². The molecule has 0 amide bonds. The molecule has 5 heteroatoms. The van der Waals surface area contributed by atoms with E-state index < -0.39 is 12.3 Å². The molecule has 1 saturated carbocycles. The van der Waals surface area contributed by atoms with Crippen LogP contribution in [-0.2, 0) is 4.79 Å². The Morgan fingerprint density at radius 2 is 1.00 bits per heavy atom. The van der Waals surface area contributed by atoms with E-state index in [0.29, 0.717) is 0 Å². The lowest BCUT2D eigenvalue weighted by Gasteiger charge is -2.08. The van der Waals surface area contributed by atoms with Gasteiger partial charge in [0.2, 0.25) is 0 Å². The maximum Gasteiger partial charge on any atom is 0.185 e. The van der Waals surface area contributed by atoms with Gasteiger partial charge < -0.3 is 22.9 Å². The molecule has 146 valence electrons. The molecule has 0 aliphatic heterocycles. The molecule has 28 heavy (non-hydrogen) atoms. The Kier molecular flexibility index (Phi) is 6.54. The van der Waals surface area contributed by atoms with Crippen LogP contribution in [0.2, 0.25) is 0 Å². The van der Waals surface area contributed by atoms with E-state index in [-0.39, 0.29) is 5.78 Å². The van der Waals surface area contributed by atoms with Crippen molar-refractivity contribution in [1.29, 1.82) is 0 Å². The Hall–Kier alpha value is -2.57. The topological polar surface area (TPSA) is 121 Å². The van der Waals surface area contributed by atoms with Gasteiger partial charge in [-0.25, -0.2) is 0 Å². The highest BCUT2D eigenvalue weighted by Gasteiger charge is 2.19. The van der Waals surface area contributed by atoms with E-state index in [0.717, 1.165) is 59.1 Å². The Morgan fingerprint density at radius 1 is 0.643 bits per heavy atom. The molecule has 0 radical (unpaired) electrons. The smallest absolute Gasteiger partial charge is 0.185 e. The van der Waals surface area contributed by atoms with E-state index in [1.165, 1.54) is 0 Å². The molecule has 1 fully saturated rings. The van der Waals surface area contributed by atoms with Crippen LogP contribution in [0.5, 0.6) is 0 Å². The van der Waals surface area contributed by atoms with Crippen molar-refractivity contribution in [3.8, 4) is 0 Å². The summed E-state index contributed by atoms with van der Waals surface area (Å²) < 4.78 is 0. The molecule has 0 aromatic heterocycles. The van der Waals surface area contributed by atoms with Gasteiger partial charge in [0, 0.05) is 11.1 Å². The van der Waals surface area contributed by atoms with Crippen LogP contribution in [0.25, 0.3) is 12.2 Å². The molecule has 5 nitrogen and oxygen atoms in total. The lowest BCUT2D eigenvalue weighted by atomic mass is 9.97. The first-order valence-electron chi connectivity index (χ1n) is 9.62. The average Bonchev–Trinajstić information content (AvgIpc) is 2.85. The fraction of sp³-hybridized carbons (Fsp3) is 0.261. The van der Waals surface area contributed by atoms with E-state index >= 15 is 0 Å². The highest BCUT2D eigenvalue weighted by atomic mass is 16.1. The highest BCUT2D eigenvalue weighted by molar-refractivity contribution is 6.13. The van der Waals surface area contributed by atoms with Gasteiger partial charge in [-0.05, 0) is 60.1 Å². The minimum Gasteiger partial charge on any atom is -0.312 e. The Morgan fingerprint density at radius 3 is 1.32 bits per heavy atom. The number of ketones is 1. The van der Waals surface area contributed by atoms with Crippen molar-refractivity contribution in [1.82, 2.24) is 0 Å². The van der Waals surface area contributed by atoms with Crippen molar-refractivity contribution in [3.63, 3.8) is 0 Å². The molecule has 0 heterocycles. The Balaban J connectivity index is 1.84. The van der Waals surface area contributed by atoms with Crippen molar-refractivity contribution in [3.05, 3.63) is 81.9 Å². The van der Waals surface area contributed by atoms with Crippen LogP contribution in [0.4, 0.5) is 0 Å². The number of hydrogen-bond acceptors (Lipinski definition) is 5. The van der Waals surface area contributed by atoms with E-state index in [4.69, 9.17) is 22.9 Å². The number of allylic oxidation sites excluding steroid dienone is 2. The molecule has 1 aliphatic rings. The molecule has 0 spiro atoms. The minimum atomic E-state index is -0.490. The van der Waals surface area contributed by atoms with Gasteiger partial charge in [-0.2, -0.15) is 0 Å². The van der Waals surface area contributed by atoms with E-state index in [1.807, 2.05) is 60.7 Å². The standard InChI is InChI=1S/C23H28N4O/c24-22(25)17-9-5-15(6-10-17)13-19-3-1-2-4-20(21(19)28)14-16-7-11-18(12-8-16)23(26)27/h5-14,22-23H,1-4,24-27H2/b19-13-,20-14+. The fourth-order valence-corrected chi connectivity index (χ4v) is 3.37. The second-order valence-electron chi connectivity index (χ2n) is 7.26. The van der Waals surface area contributed by atoms with E-state index in [9.17, 15) is 4.79 Å². The van der Waals surface area contributed by atoms with Gasteiger partial charge in [-0.1, -0.05) is 48.5 Å². The van der Waals surface area contributed by atoms with Crippen molar-refractivity contribution < 1.29 is 4.79 Å². The molecule has 0 bridgehead atoms. The van der Waals surface area contributed by atoms with Crippen LogP contribution in [0.1, 0.15) is 60.3 Å². The molecule has 0 atom stereocenters. The summed E-state index contributed by atoms with van der Waals surface area (Å²) in [6.45, 7) is 0. The number of carbonyl (C=O) groups excluding carboxylic acids is 1. The fourth-order valence-electron chi connectivity index (χ4n) is 3.37. The van der Waals surface area contributed by atoms with Gasteiger partial charge in [0.15, 0.2) is 5.78 Å². The monoisotopic (exact) mass is 376 g/mol. The molecule has 2 aromatic rings.